The molecule has 19 heavy (non-hydrogen) atoms. The zero-order valence-electron chi connectivity index (χ0n) is 11.6. The molecule has 1 aliphatic carbocycles. The first-order valence-electron chi connectivity index (χ1n) is 6.89. The second kappa shape index (κ2) is 6.01. The maximum atomic E-state index is 11.2. The van der Waals surface area contributed by atoms with E-state index in [1.54, 1.807) is 11.3 Å². The lowest BCUT2D eigenvalue weighted by atomic mass is 9.77. The third-order valence-corrected chi connectivity index (χ3v) is 5.35. The van der Waals surface area contributed by atoms with Crippen molar-refractivity contribution in [3.8, 4) is 0 Å². The Morgan fingerprint density at radius 1 is 1.53 bits per heavy atom. The molecule has 2 rings (SSSR count). The van der Waals surface area contributed by atoms with Crippen LogP contribution in [-0.4, -0.2) is 33.5 Å². The summed E-state index contributed by atoms with van der Waals surface area (Å²) in [6, 6.07) is 0.178. The van der Waals surface area contributed by atoms with E-state index >= 15 is 0 Å². The van der Waals surface area contributed by atoms with Crippen molar-refractivity contribution < 1.29 is 9.90 Å². The number of rotatable bonds is 5. The van der Waals surface area contributed by atoms with E-state index in [1.807, 2.05) is 11.6 Å². The predicted octanol–water partition coefficient (Wildman–Crippen LogP) is 3.31. The molecule has 0 spiro atoms. The van der Waals surface area contributed by atoms with Crippen molar-refractivity contribution in [2.75, 3.05) is 7.05 Å². The van der Waals surface area contributed by atoms with Crippen molar-refractivity contribution in [2.24, 2.45) is 0 Å². The van der Waals surface area contributed by atoms with Gasteiger partial charge in [0.25, 0.3) is 0 Å². The van der Waals surface area contributed by atoms with Gasteiger partial charge < -0.3 is 5.11 Å². The summed E-state index contributed by atoms with van der Waals surface area (Å²) in [5.74, 6) is -0.694. The van der Waals surface area contributed by atoms with Crippen LogP contribution >= 0.6 is 11.3 Å². The molecule has 1 aliphatic rings. The summed E-state index contributed by atoms with van der Waals surface area (Å²) in [5, 5.41) is 12.3. The molecule has 0 radical (unpaired) electrons. The molecule has 0 amide bonds. The van der Waals surface area contributed by atoms with E-state index in [0.29, 0.717) is 0 Å². The summed E-state index contributed by atoms with van der Waals surface area (Å²) in [5.41, 5.74) is -0.199. The number of hydrogen-bond acceptors (Lipinski definition) is 4. The van der Waals surface area contributed by atoms with Crippen LogP contribution in [0, 0.1) is 0 Å². The van der Waals surface area contributed by atoms with E-state index in [-0.39, 0.29) is 18.0 Å². The van der Waals surface area contributed by atoms with Gasteiger partial charge in [0.15, 0.2) is 0 Å². The first kappa shape index (κ1) is 14.5. The van der Waals surface area contributed by atoms with Crippen LogP contribution in [0.15, 0.2) is 11.6 Å². The van der Waals surface area contributed by atoms with Crippen molar-refractivity contribution in [1.29, 1.82) is 0 Å². The molecular formula is C14H22N2O2S. The third-order valence-electron chi connectivity index (χ3n) is 4.40. The Morgan fingerprint density at radius 3 is 2.74 bits per heavy atom. The number of hydrogen-bond donors (Lipinski definition) is 1. The molecule has 0 bridgehead atoms. The number of carboxylic acids is 1. The van der Waals surface area contributed by atoms with Gasteiger partial charge in [-0.3, -0.25) is 9.69 Å². The Bertz CT molecular complexity index is 413. The molecule has 1 atom stereocenters. The van der Waals surface area contributed by atoms with Gasteiger partial charge in [0.1, 0.15) is 5.01 Å². The summed E-state index contributed by atoms with van der Waals surface area (Å²) in [7, 11) is 2.06. The van der Waals surface area contributed by atoms with Crippen LogP contribution < -0.4 is 0 Å². The van der Waals surface area contributed by atoms with Crippen LogP contribution in [-0.2, 0) is 4.79 Å². The summed E-state index contributed by atoms with van der Waals surface area (Å²) in [6.45, 7) is 2.12. The molecule has 1 unspecified atom stereocenters. The van der Waals surface area contributed by atoms with Crippen LogP contribution in [0.25, 0.3) is 0 Å². The number of aromatic nitrogens is 1. The van der Waals surface area contributed by atoms with E-state index < -0.39 is 5.97 Å². The molecule has 1 N–H and O–H groups in total. The van der Waals surface area contributed by atoms with Crippen molar-refractivity contribution in [2.45, 2.75) is 57.0 Å². The Labute approximate surface area is 118 Å². The Morgan fingerprint density at radius 2 is 2.21 bits per heavy atom. The van der Waals surface area contributed by atoms with Crippen LogP contribution in [0.1, 0.15) is 56.5 Å². The fourth-order valence-electron chi connectivity index (χ4n) is 3.16. The van der Waals surface area contributed by atoms with Gasteiger partial charge in [-0.2, -0.15) is 0 Å². The molecule has 0 saturated heterocycles. The number of thiazole rings is 1. The molecule has 0 aliphatic heterocycles. The molecule has 0 aromatic carbocycles. The Kier molecular flexibility index (Phi) is 4.58. The van der Waals surface area contributed by atoms with Crippen LogP contribution in [0.3, 0.4) is 0 Å². The minimum absolute atomic E-state index is 0.178. The molecule has 1 aromatic heterocycles. The second-order valence-electron chi connectivity index (χ2n) is 5.51. The first-order chi connectivity index (χ1) is 9.05. The number of aliphatic carboxylic acids is 1. The highest BCUT2D eigenvalue weighted by atomic mass is 32.1. The van der Waals surface area contributed by atoms with Gasteiger partial charge in [0, 0.05) is 17.1 Å². The SMILES string of the molecule is CC(c1nccs1)N(C)C1(CC(=O)O)CCCCC1. The summed E-state index contributed by atoms with van der Waals surface area (Å²) in [6.07, 6.45) is 7.48. The molecule has 1 heterocycles. The average molecular weight is 282 g/mol. The van der Waals surface area contributed by atoms with Gasteiger partial charge in [-0.25, -0.2) is 4.98 Å². The topological polar surface area (TPSA) is 53.4 Å². The summed E-state index contributed by atoms with van der Waals surface area (Å²) >= 11 is 1.64. The van der Waals surface area contributed by atoms with E-state index in [0.717, 1.165) is 30.7 Å². The summed E-state index contributed by atoms with van der Waals surface area (Å²) in [4.78, 5) is 17.9. The normalized spacial score (nSPS) is 20.4. The highest BCUT2D eigenvalue weighted by Gasteiger charge is 2.40. The molecule has 1 saturated carbocycles. The second-order valence-corrected chi connectivity index (χ2v) is 6.44. The number of nitrogens with zero attached hydrogens (tertiary/aromatic N) is 2. The van der Waals surface area contributed by atoms with Gasteiger partial charge in [-0.15, -0.1) is 11.3 Å². The minimum Gasteiger partial charge on any atom is -0.481 e. The maximum Gasteiger partial charge on any atom is 0.305 e. The Balaban J connectivity index is 2.19. The standard InChI is InChI=1S/C14H22N2O2S/c1-11(13-15-8-9-19-13)16(2)14(10-12(17)18)6-4-3-5-7-14/h8-9,11H,3-7,10H2,1-2H3,(H,17,18). The predicted molar refractivity (Wildman–Crippen MR) is 76.4 cm³/mol. The van der Waals surface area contributed by atoms with Crippen molar-refractivity contribution >= 4 is 17.3 Å². The van der Waals surface area contributed by atoms with Crippen molar-refractivity contribution in [3.63, 3.8) is 0 Å². The van der Waals surface area contributed by atoms with E-state index in [9.17, 15) is 9.90 Å². The van der Waals surface area contributed by atoms with Crippen LogP contribution in [0.4, 0.5) is 0 Å². The van der Waals surface area contributed by atoms with E-state index in [1.165, 1.54) is 6.42 Å². The fourth-order valence-corrected chi connectivity index (χ4v) is 3.90. The maximum absolute atomic E-state index is 11.2. The zero-order valence-corrected chi connectivity index (χ0v) is 12.4. The first-order valence-corrected chi connectivity index (χ1v) is 7.77. The average Bonchev–Trinajstić information content (AvgIpc) is 2.91. The van der Waals surface area contributed by atoms with Gasteiger partial charge >= 0.3 is 5.97 Å². The van der Waals surface area contributed by atoms with Gasteiger partial charge in [-0.1, -0.05) is 19.3 Å². The van der Waals surface area contributed by atoms with Crippen LogP contribution in [0.2, 0.25) is 0 Å². The smallest absolute Gasteiger partial charge is 0.305 e. The highest BCUT2D eigenvalue weighted by Crippen LogP contribution is 2.40. The van der Waals surface area contributed by atoms with E-state index in [4.69, 9.17) is 0 Å². The third kappa shape index (κ3) is 3.15. The van der Waals surface area contributed by atoms with Gasteiger partial charge in [-0.05, 0) is 26.8 Å². The van der Waals surface area contributed by atoms with Crippen molar-refractivity contribution in [1.82, 2.24) is 9.88 Å². The lowest BCUT2D eigenvalue weighted by Crippen LogP contribution is -2.50. The fraction of sp³-hybridized carbons (Fsp3) is 0.714. The Hall–Kier alpha value is -0.940. The molecule has 4 nitrogen and oxygen atoms in total. The summed E-state index contributed by atoms with van der Waals surface area (Å²) < 4.78 is 0. The zero-order chi connectivity index (χ0) is 13.9. The van der Waals surface area contributed by atoms with Gasteiger partial charge in [0.05, 0.1) is 12.5 Å². The van der Waals surface area contributed by atoms with Gasteiger partial charge in [0.2, 0.25) is 0 Å². The van der Waals surface area contributed by atoms with Crippen molar-refractivity contribution in [3.05, 3.63) is 16.6 Å². The molecule has 1 fully saturated rings. The molecule has 106 valence electrons. The monoisotopic (exact) mass is 282 g/mol. The largest absolute Gasteiger partial charge is 0.481 e. The van der Waals surface area contributed by atoms with E-state index in [2.05, 4.69) is 23.9 Å². The van der Waals surface area contributed by atoms with Crippen LogP contribution in [0.5, 0.6) is 0 Å². The molecule has 1 aromatic rings. The minimum atomic E-state index is -0.694. The highest BCUT2D eigenvalue weighted by molar-refractivity contribution is 7.09. The number of carboxylic acid groups (broad SMARTS) is 1. The molecular weight excluding hydrogens is 260 g/mol. The quantitative estimate of drug-likeness (QED) is 0.900. The lowest BCUT2D eigenvalue weighted by molar-refractivity contribution is -0.141. The molecule has 5 heteroatoms. The number of carbonyl (C=O) groups is 1. The lowest BCUT2D eigenvalue weighted by Gasteiger charge is -2.46.